The van der Waals surface area contributed by atoms with E-state index in [0.717, 1.165) is 40.7 Å². The van der Waals surface area contributed by atoms with Gasteiger partial charge in [0.1, 0.15) is 11.6 Å². The Labute approximate surface area is 216 Å². The van der Waals surface area contributed by atoms with Gasteiger partial charge in [-0.1, -0.05) is 47.3 Å². The summed E-state index contributed by atoms with van der Waals surface area (Å²) in [6, 6.07) is 12.1. The van der Waals surface area contributed by atoms with Crippen molar-refractivity contribution in [2.24, 2.45) is 0 Å². The molecule has 185 valence electrons. The molecule has 0 amide bonds. The van der Waals surface area contributed by atoms with Crippen molar-refractivity contribution in [1.82, 2.24) is 15.3 Å². The summed E-state index contributed by atoms with van der Waals surface area (Å²) in [5.74, 6) is 0.295. The number of aromatic nitrogens is 2. The van der Waals surface area contributed by atoms with E-state index in [2.05, 4.69) is 49.3 Å². The lowest BCUT2D eigenvalue weighted by Crippen LogP contribution is -2.35. The van der Waals surface area contributed by atoms with Crippen LogP contribution in [0.25, 0.3) is 33.2 Å². The molecule has 2 aromatic carbocycles. The van der Waals surface area contributed by atoms with E-state index in [1.807, 2.05) is 18.3 Å². The van der Waals surface area contributed by atoms with Crippen LogP contribution >= 0.6 is 11.6 Å². The summed E-state index contributed by atoms with van der Waals surface area (Å²) in [7, 11) is 0. The van der Waals surface area contributed by atoms with Gasteiger partial charge in [0.15, 0.2) is 0 Å². The molecule has 0 spiro atoms. The van der Waals surface area contributed by atoms with Crippen LogP contribution in [0.4, 0.5) is 4.39 Å². The molecule has 4 nitrogen and oxygen atoms in total. The fourth-order valence-electron chi connectivity index (χ4n) is 4.99. The average molecular weight is 503 g/mol. The molecule has 6 heteroatoms. The van der Waals surface area contributed by atoms with Crippen molar-refractivity contribution in [3.05, 3.63) is 83.4 Å². The van der Waals surface area contributed by atoms with E-state index in [4.69, 9.17) is 21.3 Å². The number of nitrogens with zero attached hydrogens (tertiary/aromatic N) is 2. The maximum absolute atomic E-state index is 14.3. The molecule has 0 aliphatic carbocycles. The molecule has 0 saturated carbocycles. The largest absolute Gasteiger partial charge is 0.492 e. The van der Waals surface area contributed by atoms with Crippen molar-refractivity contribution in [2.45, 2.75) is 45.6 Å². The molecule has 0 unspecified atom stereocenters. The SMILES string of the molecule is [CH2]c1ncc(-c2cc3c(OCC[C@H]4CCCCN4)c(-c4cc(C)cc(C)c4)cnc3cc2Cl)cc1F. The van der Waals surface area contributed by atoms with Gasteiger partial charge in [0.25, 0.3) is 0 Å². The van der Waals surface area contributed by atoms with Gasteiger partial charge in [-0.25, -0.2) is 4.39 Å². The summed E-state index contributed by atoms with van der Waals surface area (Å²) in [6.45, 7) is 9.44. The highest BCUT2D eigenvalue weighted by molar-refractivity contribution is 6.34. The normalized spacial score (nSPS) is 15.9. The van der Waals surface area contributed by atoms with E-state index < -0.39 is 5.82 Å². The van der Waals surface area contributed by atoms with Crippen molar-refractivity contribution in [1.29, 1.82) is 0 Å². The molecule has 1 aliphatic heterocycles. The standard InChI is InChI=1S/C30H30ClFN3O/c1-18-10-19(2)12-21(11-18)26-17-35-29-15-27(31)24(22-13-28(32)20(3)34-16-22)14-25(29)30(26)36-9-7-23-6-4-5-8-33-23/h10-17,23,33H,3-9H2,1-2H3/t23-/m1/s1. The number of hydrogen-bond acceptors (Lipinski definition) is 4. The third-order valence-corrected chi connectivity index (χ3v) is 7.11. The molecule has 1 radical (unpaired) electrons. The first-order valence-corrected chi connectivity index (χ1v) is 12.8. The number of rotatable bonds is 6. The van der Waals surface area contributed by atoms with Crippen LogP contribution in [-0.4, -0.2) is 29.2 Å². The number of nitrogens with one attached hydrogen (secondary N) is 1. The van der Waals surface area contributed by atoms with Gasteiger partial charge in [0.2, 0.25) is 0 Å². The highest BCUT2D eigenvalue weighted by atomic mass is 35.5. The molecular formula is C30H30ClFN3O. The fraction of sp³-hybridized carbons (Fsp3) is 0.300. The van der Waals surface area contributed by atoms with Crippen LogP contribution in [0.2, 0.25) is 5.02 Å². The maximum Gasteiger partial charge on any atom is 0.145 e. The quantitative estimate of drug-likeness (QED) is 0.297. The number of hydrogen-bond donors (Lipinski definition) is 1. The van der Waals surface area contributed by atoms with Crippen LogP contribution in [0.1, 0.15) is 42.5 Å². The third kappa shape index (κ3) is 5.23. The zero-order chi connectivity index (χ0) is 25.2. The molecule has 0 bridgehead atoms. The van der Waals surface area contributed by atoms with Crippen LogP contribution < -0.4 is 10.1 Å². The second-order valence-electron chi connectivity index (χ2n) is 9.66. The van der Waals surface area contributed by atoms with E-state index in [-0.39, 0.29) is 5.69 Å². The van der Waals surface area contributed by atoms with Gasteiger partial charge in [-0.3, -0.25) is 9.97 Å². The molecule has 3 heterocycles. The Balaban J connectivity index is 1.62. The van der Waals surface area contributed by atoms with Gasteiger partial charge >= 0.3 is 0 Å². The summed E-state index contributed by atoms with van der Waals surface area (Å²) in [5.41, 5.74) is 6.42. The average Bonchev–Trinajstić information content (AvgIpc) is 2.85. The van der Waals surface area contributed by atoms with Crippen molar-refractivity contribution < 1.29 is 9.13 Å². The van der Waals surface area contributed by atoms with Gasteiger partial charge in [-0.15, -0.1) is 0 Å². The second kappa shape index (κ2) is 10.5. The predicted octanol–water partition coefficient (Wildman–Crippen LogP) is 7.47. The van der Waals surface area contributed by atoms with Gasteiger partial charge in [0.05, 0.1) is 22.8 Å². The van der Waals surface area contributed by atoms with Gasteiger partial charge in [-0.05, 0) is 70.3 Å². The fourth-order valence-corrected chi connectivity index (χ4v) is 5.26. The Hall–Kier alpha value is -3.02. The number of benzene rings is 2. The minimum absolute atomic E-state index is 0.106. The molecule has 1 saturated heterocycles. The van der Waals surface area contributed by atoms with Crippen LogP contribution in [0.5, 0.6) is 5.75 Å². The highest BCUT2D eigenvalue weighted by Gasteiger charge is 2.18. The molecule has 1 atom stereocenters. The van der Waals surface area contributed by atoms with Crippen molar-refractivity contribution in [2.75, 3.05) is 13.2 Å². The monoisotopic (exact) mass is 502 g/mol. The summed E-state index contributed by atoms with van der Waals surface area (Å²) in [6.07, 6.45) is 8.04. The number of fused-ring (bicyclic) bond motifs is 1. The van der Waals surface area contributed by atoms with Crippen molar-refractivity contribution in [3.63, 3.8) is 0 Å². The first kappa shape index (κ1) is 24.7. The highest BCUT2D eigenvalue weighted by Crippen LogP contribution is 2.41. The van der Waals surface area contributed by atoms with Gasteiger partial charge in [-0.2, -0.15) is 0 Å². The Morgan fingerprint density at radius 2 is 1.81 bits per heavy atom. The minimum atomic E-state index is -0.470. The summed E-state index contributed by atoms with van der Waals surface area (Å²) >= 11 is 6.63. The van der Waals surface area contributed by atoms with Crippen LogP contribution in [0.15, 0.2) is 48.8 Å². The van der Waals surface area contributed by atoms with Crippen LogP contribution in [0, 0.1) is 26.6 Å². The minimum Gasteiger partial charge on any atom is -0.492 e. The first-order valence-electron chi connectivity index (χ1n) is 12.4. The number of aryl methyl sites for hydroxylation is 2. The smallest absolute Gasteiger partial charge is 0.145 e. The van der Waals surface area contributed by atoms with E-state index >= 15 is 0 Å². The lowest BCUT2D eigenvalue weighted by atomic mass is 9.97. The summed E-state index contributed by atoms with van der Waals surface area (Å²) < 4.78 is 20.8. The van der Waals surface area contributed by atoms with E-state index in [1.165, 1.54) is 36.5 Å². The summed E-state index contributed by atoms with van der Waals surface area (Å²) in [5, 5.41) is 4.91. The molecule has 1 aliphatic rings. The predicted molar refractivity (Wildman–Crippen MR) is 145 cm³/mol. The Kier molecular flexibility index (Phi) is 7.22. The molecular weight excluding hydrogens is 473 g/mol. The van der Waals surface area contributed by atoms with Gasteiger partial charge < -0.3 is 10.1 Å². The van der Waals surface area contributed by atoms with Crippen molar-refractivity contribution in [3.8, 4) is 28.0 Å². The third-order valence-electron chi connectivity index (χ3n) is 6.79. The molecule has 36 heavy (non-hydrogen) atoms. The van der Waals surface area contributed by atoms with Gasteiger partial charge in [0, 0.05) is 40.5 Å². The van der Waals surface area contributed by atoms with Crippen molar-refractivity contribution >= 4 is 22.5 Å². The Morgan fingerprint density at radius 1 is 1.00 bits per heavy atom. The molecule has 5 rings (SSSR count). The lowest BCUT2D eigenvalue weighted by Gasteiger charge is -2.24. The second-order valence-corrected chi connectivity index (χ2v) is 10.1. The number of ether oxygens (including phenoxy) is 1. The number of pyridine rings is 2. The van der Waals surface area contributed by atoms with E-state index in [1.54, 1.807) is 6.20 Å². The Morgan fingerprint density at radius 3 is 2.53 bits per heavy atom. The number of halogens is 2. The molecule has 4 aromatic rings. The first-order chi connectivity index (χ1) is 17.4. The zero-order valence-corrected chi connectivity index (χ0v) is 21.5. The maximum atomic E-state index is 14.3. The molecule has 1 N–H and O–H groups in total. The van der Waals surface area contributed by atoms with Crippen LogP contribution in [-0.2, 0) is 0 Å². The summed E-state index contributed by atoms with van der Waals surface area (Å²) in [4.78, 5) is 8.81. The zero-order valence-electron chi connectivity index (χ0n) is 20.7. The van der Waals surface area contributed by atoms with E-state index in [0.29, 0.717) is 28.8 Å². The number of piperidine rings is 1. The molecule has 2 aromatic heterocycles. The Bertz CT molecular complexity index is 1400. The lowest BCUT2D eigenvalue weighted by molar-refractivity contribution is 0.271. The molecule has 1 fully saturated rings. The topological polar surface area (TPSA) is 47.0 Å². The van der Waals surface area contributed by atoms with E-state index in [9.17, 15) is 4.39 Å². The van der Waals surface area contributed by atoms with Crippen LogP contribution in [0.3, 0.4) is 0 Å².